The van der Waals surface area contributed by atoms with E-state index in [4.69, 9.17) is 21.7 Å². The molecule has 32 heavy (non-hydrogen) atoms. The van der Waals surface area contributed by atoms with Crippen LogP contribution in [0.2, 0.25) is 0 Å². The van der Waals surface area contributed by atoms with Gasteiger partial charge in [-0.15, -0.1) is 0 Å². The van der Waals surface area contributed by atoms with Crippen LogP contribution in [0.4, 0.5) is 0 Å². The van der Waals surface area contributed by atoms with E-state index in [9.17, 15) is 24.0 Å². The first-order chi connectivity index (χ1) is 15.1. The lowest BCUT2D eigenvalue weighted by molar-refractivity contribution is -0.147. The molecule has 14 heteroatoms. The number of aliphatic carboxylic acids is 2. The molecule has 0 spiro atoms. The quantitative estimate of drug-likeness (QED) is 0.0831. The van der Waals surface area contributed by atoms with Crippen LogP contribution < -0.4 is 27.4 Å². The molecule has 0 radical (unpaired) electrons. The summed E-state index contributed by atoms with van der Waals surface area (Å²) in [4.78, 5) is 59.7. The Bertz CT molecular complexity index is 653. The lowest BCUT2D eigenvalue weighted by Crippen LogP contribution is -2.57. The second-order valence-electron chi connectivity index (χ2n) is 6.97. The summed E-state index contributed by atoms with van der Waals surface area (Å²) in [5, 5.41) is 25.2. The number of amides is 3. The van der Waals surface area contributed by atoms with Crippen LogP contribution in [-0.2, 0) is 24.0 Å². The van der Waals surface area contributed by atoms with E-state index < -0.39 is 60.2 Å². The maximum Gasteiger partial charge on any atom is 0.326 e. The van der Waals surface area contributed by atoms with Gasteiger partial charge in [-0.2, -0.15) is 24.4 Å². The minimum Gasteiger partial charge on any atom is -0.481 e. The van der Waals surface area contributed by atoms with Crippen LogP contribution in [-0.4, -0.2) is 88.3 Å². The summed E-state index contributed by atoms with van der Waals surface area (Å²) in [6.07, 6.45) is 2.43. The minimum atomic E-state index is -1.66. The predicted molar refractivity (Wildman–Crippen MR) is 123 cm³/mol. The van der Waals surface area contributed by atoms with Crippen LogP contribution in [0.3, 0.4) is 0 Å². The van der Waals surface area contributed by atoms with Gasteiger partial charge in [0.25, 0.3) is 0 Å². The van der Waals surface area contributed by atoms with E-state index in [0.29, 0.717) is 25.1 Å². The van der Waals surface area contributed by atoms with Gasteiger partial charge in [0, 0.05) is 5.75 Å². The normalized spacial score (nSPS) is 14.5. The lowest BCUT2D eigenvalue weighted by atomic mass is 10.1. The highest BCUT2D eigenvalue weighted by Crippen LogP contribution is 2.06. The molecule has 0 aliphatic heterocycles. The fourth-order valence-electron chi connectivity index (χ4n) is 2.55. The second kappa shape index (κ2) is 16.6. The Balaban J connectivity index is 5.43. The van der Waals surface area contributed by atoms with E-state index in [1.54, 1.807) is 0 Å². The first-order valence-corrected chi connectivity index (χ1v) is 12.0. The predicted octanol–water partition coefficient (Wildman–Crippen LogP) is -1.86. The van der Waals surface area contributed by atoms with E-state index in [2.05, 4.69) is 28.6 Å². The van der Waals surface area contributed by atoms with Crippen molar-refractivity contribution < 1.29 is 34.2 Å². The van der Waals surface area contributed by atoms with Gasteiger partial charge in [0.05, 0.1) is 12.5 Å². The molecule has 9 N–H and O–H groups in total. The maximum absolute atomic E-state index is 12.8. The first kappa shape index (κ1) is 30.0. The van der Waals surface area contributed by atoms with Crippen LogP contribution in [0.15, 0.2) is 0 Å². The fourth-order valence-corrected chi connectivity index (χ4v) is 3.18. The van der Waals surface area contributed by atoms with Gasteiger partial charge in [-0.05, 0) is 44.2 Å². The van der Waals surface area contributed by atoms with Gasteiger partial charge in [-0.1, -0.05) is 0 Å². The van der Waals surface area contributed by atoms with Gasteiger partial charge < -0.3 is 37.6 Å². The molecule has 0 aromatic rings. The summed E-state index contributed by atoms with van der Waals surface area (Å²) in [6.45, 7) is 0.354. The van der Waals surface area contributed by atoms with Crippen molar-refractivity contribution in [3.05, 3.63) is 0 Å². The monoisotopic (exact) mass is 495 g/mol. The third-order valence-corrected chi connectivity index (χ3v) is 5.39. The highest BCUT2D eigenvalue weighted by atomic mass is 32.2. The van der Waals surface area contributed by atoms with Crippen LogP contribution in [0.5, 0.6) is 0 Å². The van der Waals surface area contributed by atoms with Crippen molar-refractivity contribution in [3.63, 3.8) is 0 Å². The number of carbonyl (C=O) groups excluding carboxylic acids is 3. The van der Waals surface area contributed by atoms with Gasteiger partial charge in [0.15, 0.2) is 0 Å². The molecule has 12 nitrogen and oxygen atoms in total. The van der Waals surface area contributed by atoms with Gasteiger partial charge >= 0.3 is 11.9 Å². The topological polar surface area (TPSA) is 214 Å². The molecule has 4 unspecified atom stereocenters. The SMILES string of the molecule is CSCCC(NC(=O)C(N)CS)C(=O)NC(CCCCN)C(=O)NC(CC(=O)O)C(=O)O. The minimum absolute atomic E-state index is 0.0764. The van der Waals surface area contributed by atoms with Crippen molar-refractivity contribution >= 4 is 54.1 Å². The molecule has 0 rings (SSSR count). The van der Waals surface area contributed by atoms with Gasteiger partial charge in [-0.25, -0.2) is 4.79 Å². The number of nitrogens with one attached hydrogen (secondary N) is 3. The van der Waals surface area contributed by atoms with Crippen LogP contribution in [0.25, 0.3) is 0 Å². The van der Waals surface area contributed by atoms with Crippen LogP contribution in [0, 0.1) is 0 Å². The number of unbranched alkanes of at least 4 members (excludes halogenated alkanes) is 1. The number of thioether (sulfide) groups is 1. The molecule has 0 aliphatic rings. The van der Waals surface area contributed by atoms with Gasteiger partial charge in [-0.3, -0.25) is 19.2 Å². The zero-order chi connectivity index (χ0) is 24.7. The summed E-state index contributed by atoms with van der Waals surface area (Å²) in [6, 6.07) is -4.69. The number of hydrogen-bond donors (Lipinski definition) is 8. The number of carboxylic acids is 2. The number of hydrogen-bond acceptors (Lipinski definition) is 9. The van der Waals surface area contributed by atoms with E-state index in [1.165, 1.54) is 11.8 Å². The Labute approximate surface area is 196 Å². The fraction of sp³-hybridized carbons (Fsp3) is 0.722. The smallest absolute Gasteiger partial charge is 0.326 e. The molecule has 4 atom stereocenters. The molecule has 0 aromatic carbocycles. The summed E-state index contributed by atoms with van der Waals surface area (Å²) >= 11 is 5.41. The summed E-state index contributed by atoms with van der Waals surface area (Å²) in [5.41, 5.74) is 11.1. The van der Waals surface area contributed by atoms with Gasteiger partial charge in [0.1, 0.15) is 18.1 Å². The second-order valence-corrected chi connectivity index (χ2v) is 8.33. The highest BCUT2D eigenvalue weighted by molar-refractivity contribution is 7.98. The number of rotatable bonds is 17. The Morgan fingerprint density at radius 1 is 0.906 bits per heavy atom. The summed E-state index contributed by atoms with van der Waals surface area (Å²) < 4.78 is 0. The Kier molecular flexibility index (Phi) is 15.5. The molecule has 0 saturated heterocycles. The van der Waals surface area contributed by atoms with Crippen molar-refractivity contribution in [1.29, 1.82) is 0 Å². The van der Waals surface area contributed by atoms with Crippen molar-refractivity contribution in [2.24, 2.45) is 11.5 Å². The molecule has 0 bridgehead atoms. The third kappa shape index (κ3) is 12.1. The maximum atomic E-state index is 12.8. The molecular formula is C18H33N5O7S2. The van der Waals surface area contributed by atoms with Gasteiger partial charge in [0.2, 0.25) is 17.7 Å². The molecule has 0 heterocycles. The largest absolute Gasteiger partial charge is 0.481 e. The molecule has 3 amide bonds. The lowest BCUT2D eigenvalue weighted by Gasteiger charge is -2.25. The number of carbonyl (C=O) groups is 5. The number of carboxylic acid groups (broad SMARTS) is 2. The van der Waals surface area contributed by atoms with Crippen molar-refractivity contribution in [2.75, 3.05) is 24.3 Å². The summed E-state index contributed by atoms with van der Waals surface area (Å²) in [7, 11) is 0. The first-order valence-electron chi connectivity index (χ1n) is 9.98. The van der Waals surface area contributed by atoms with E-state index in [1.807, 2.05) is 6.26 Å². The highest BCUT2D eigenvalue weighted by Gasteiger charge is 2.30. The van der Waals surface area contributed by atoms with E-state index >= 15 is 0 Å². The molecular weight excluding hydrogens is 462 g/mol. The van der Waals surface area contributed by atoms with Crippen molar-refractivity contribution in [3.8, 4) is 0 Å². The Morgan fingerprint density at radius 3 is 1.91 bits per heavy atom. The standard InChI is InChI=1S/C18H33N5O7S2/c1-32-7-5-12(21-15(26)10(20)9-31)17(28)22-11(4-2-3-6-19)16(27)23-13(18(29)30)8-14(24)25/h10-13,31H,2-9,19-20H2,1H3,(H,21,26)(H,22,28)(H,23,27)(H,24,25)(H,29,30). The molecule has 184 valence electrons. The van der Waals surface area contributed by atoms with Crippen LogP contribution in [0.1, 0.15) is 32.1 Å². The third-order valence-electron chi connectivity index (χ3n) is 4.35. The molecule has 0 aromatic heterocycles. The number of nitrogens with two attached hydrogens (primary N) is 2. The van der Waals surface area contributed by atoms with E-state index in [0.717, 1.165) is 0 Å². The van der Waals surface area contributed by atoms with E-state index in [-0.39, 0.29) is 18.6 Å². The van der Waals surface area contributed by atoms with Crippen LogP contribution >= 0.6 is 24.4 Å². The Hall–Kier alpha value is -2.03. The van der Waals surface area contributed by atoms with Crippen molar-refractivity contribution in [1.82, 2.24) is 16.0 Å². The molecule has 0 saturated carbocycles. The van der Waals surface area contributed by atoms with Crippen molar-refractivity contribution in [2.45, 2.75) is 56.3 Å². The Morgan fingerprint density at radius 2 is 1.44 bits per heavy atom. The molecule has 0 fully saturated rings. The summed E-state index contributed by atoms with van der Waals surface area (Å²) in [5.74, 6) is -4.36. The number of thiol groups is 1. The zero-order valence-electron chi connectivity index (χ0n) is 17.9. The average molecular weight is 496 g/mol. The molecule has 0 aliphatic carbocycles. The zero-order valence-corrected chi connectivity index (χ0v) is 19.6. The average Bonchev–Trinajstić information content (AvgIpc) is 2.73.